The van der Waals surface area contributed by atoms with Gasteiger partial charge in [-0.15, -0.1) is 0 Å². The van der Waals surface area contributed by atoms with Gasteiger partial charge in [-0.05, 0) is 0 Å². The summed E-state index contributed by atoms with van der Waals surface area (Å²) in [5.41, 5.74) is -1.01. The average molecular weight is 271 g/mol. The van der Waals surface area contributed by atoms with E-state index in [4.69, 9.17) is 0 Å². The lowest BCUT2D eigenvalue weighted by Gasteiger charge is -2.09. The van der Waals surface area contributed by atoms with Crippen molar-refractivity contribution >= 4 is 15.5 Å². The largest absolute Gasteiger partial charge is 0.379 e. The second-order valence-corrected chi connectivity index (χ2v) is 5.66. The van der Waals surface area contributed by atoms with E-state index in [2.05, 4.69) is 0 Å². The first-order valence-corrected chi connectivity index (χ1v) is 6.53. The van der Waals surface area contributed by atoms with Gasteiger partial charge in [0, 0.05) is 18.9 Å². The lowest BCUT2D eigenvalue weighted by molar-refractivity contribution is 0.458. The Balaban J connectivity index is 2.91. The van der Waals surface area contributed by atoms with Crippen molar-refractivity contribution in [3.05, 3.63) is 29.3 Å². The van der Waals surface area contributed by atoms with Crippen LogP contribution < -0.4 is 5.32 Å². The molecule has 0 saturated carbocycles. The molecule has 0 heterocycles. The first kappa shape index (κ1) is 13.8. The predicted molar refractivity (Wildman–Crippen MR) is 54.5 cm³/mol. The van der Waals surface area contributed by atoms with Crippen LogP contribution in [0, 0.1) is 23.3 Å². The predicted octanol–water partition coefficient (Wildman–Crippen LogP) is 1.70. The van der Waals surface area contributed by atoms with Crippen LogP contribution in [0.5, 0.6) is 0 Å². The number of benzene rings is 1. The molecule has 0 aromatic heterocycles. The van der Waals surface area contributed by atoms with Crippen LogP contribution in [0.25, 0.3) is 0 Å². The molecule has 1 N–H and O–H groups in total. The Bertz CT molecular complexity index is 504. The first-order valence-electron chi connectivity index (χ1n) is 4.47. The van der Waals surface area contributed by atoms with Crippen molar-refractivity contribution in [2.45, 2.75) is 0 Å². The fourth-order valence-corrected chi connectivity index (χ4v) is 1.56. The molecule has 0 atom stereocenters. The van der Waals surface area contributed by atoms with Crippen molar-refractivity contribution in [3.8, 4) is 0 Å². The monoisotopic (exact) mass is 271 g/mol. The third-order valence-corrected chi connectivity index (χ3v) is 2.83. The van der Waals surface area contributed by atoms with E-state index in [0.29, 0.717) is 0 Å². The number of halogens is 4. The van der Waals surface area contributed by atoms with Gasteiger partial charge in [0.05, 0.1) is 5.75 Å². The van der Waals surface area contributed by atoms with Crippen molar-refractivity contribution in [1.29, 1.82) is 0 Å². The number of anilines is 1. The van der Waals surface area contributed by atoms with E-state index >= 15 is 0 Å². The average Bonchev–Trinajstić information content (AvgIpc) is 2.19. The van der Waals surface area contributed by atoms with Crippen molar-refractivity contribution in [2.75, 3.05) is 23.9 Å². The molecular formula is C9H9F4NO2S. The van der Waals surface area contributed by atoms with Crippen LogP contribution in [0.1, 0.15) is 0 Å². The molecule has 1 aromatic carbocycles. The Labute approximate surface area is 95.4 Å². The molecule has 0 bridgehead atoms. The lowest BCUT2D eigenvalue weighted by atomic mass is 10.2. The van der Waals surface area contributed by atoms with Gasteiger partial charge in [-0.25, -0.2) is 26.0 Å². The van der Waals surface area contributed by atoms with Crippen LogP contribution >= 0.6 is 0 Å². The van der Waals surface area contributed by atoms with Crippen molar-refractivity contribution in [3.63, 3.8) is 0 Å². The molecular weight excluding hydrogens is 262 g/mol. The fourth-order valence-electron chi connectivity index (χ4n) is 1.09. The third-order valence-electron chi connectivity index (χ3n) is 1.89. The van der Waals surface area contributed by atoms with E-state index in [1.54, 1.807) is 0 Å². The summed E-state index contributed by atoms with van der Waals surface area (Å²) in [4.78, 5) is 0. The van der Waals surface area contributed by atoms with Gasteiger partial charge < -0.3 is 5.32 Å². The maximum atomic E-state index is 13.1. The Hall–Kier alpha value is -1.31. The quantitative estimate of drug-likeness (QED) is 0.669. The number of rotatable bonds is 4. The van der Waals surface area contributed by atoms with E-state index in [1.807, 2.05) is 5.32 Å². The molecule has 0 amide bonds. The highest BCUT2D eigenvalue weighted by Crippen LogP contribution is 2.23. The van der Waals surface area contributed by atoms with E-state index in [9.17, 15) is 26.0 Å². The molecule has 0 fully saturated rings. The summed E-state index contributed by atoms with van der Waals surface area (Å²) >= 11 is 0. The smallest absolute Gasteiger partial charge is 0.185 e. The standard InChI is InChI=1S/C9H9F4NO2S/c1-17(15,16)3-2-14-9-7(12)5(10)4-6(11)8(9)13/h4,14H,2-3H2,1H3. The molecule has 0 aliphatic rings. The van der Waals surface area contributed by atoms with Gasteiger partial charge >= 0.3 is 0 Å². The molecule has 0 unspecified atom stereocenters. The van der Waals surface area contributed by atoms with Gasteiger partial charge in [0.25, 0.3) is 0 Å². The summed E-state index contributed by atoms with van der Waals surface area (Å²) in [6.07, 6.45) is 0.924. The molecule has 0 saturated heterocycles. The summed E-state index contributed by atoms with van der Waals surface area (Å²) in [5.74, 6) is -6.68. The summed E-state index contributed by atoms with van der Waals surface area (Å²) in [7, 11) is -3.34. The Morgan fingerprint density at radius 2 is 1.59 bits per heavy atom. The molecule has 3 nitrogen and oxygen atoms in total. The minimum absolute atomic E-state index is 0.0758. The summed E-state index contributed by atoms with van der Waals surface area (Å²) in [6.45, 7) is -0.352. The number of sulfone groups is 1. The molecule has 96 valence electrons. The lowest BCUT2D eigenvalue weighted by Crippen LogP contribution is -2.16. The Kier molecular flexibility index (Phi) is 3.97. The summed E-state index contributed by atoms with van der Waals surface area (Å²) < 4.78 is 73.1. The van der Waals surface area contributed by atoms with Crippen LogP contribution in [0.15, 0.2) is 6.07 Å². The SMILES string of the molecule is CS(=O)(=O)CCNc1c(F)c(F)cc(F)c1F. The Morgan fingerprint density at radius 1 is 1.12 bits per heavy atom. The molecule has 0 radical (unpaired) electrons. The van der Waals surface area contributed by atoms with Gasteiger partial charge in [0.1, 0.15) is 15.5 Å². The fraction of sp³-hybridized carbons (Fsp3) is 0.333. The molecule has 0 spiro atoms. The van der Waals surface area contributed by atoms with Gasteiger partial charge in [0.2, 0.25) is 0 Å². The minimum atomic E-state index is -3.34. The van der Waals surface area contributed by atoms with E-state index < -0.39 is 44.5 Å². The van der Waals surface area contributed by atoms with Crippen LogP contribution in [0.3, 0.4) is 0 Å². The van der Waals surface area contributed by atoms with Crippen molar-refractivity contribution < 1.29 is 26.0 Å². The van der Waals surface area contributed by atoms with Crippen LogP contribution in [0.4, 0.5) is 23.2 Å². The second-order valence-electron chi connectivity index (χ2n) is 3.40. The van der Waals surface area contributed by atoms with Gasteiger partial charge in [-0.2, -0.15) is 0 Å². The van der Waals surface area contributed by atoms with E-state index in [-0.39, 0.29) is 12.6 Å². The first-order chi connectivity index (χ1) is 7.72. The van der Waals surface area contributed by atoms with Crippen LogP contribution in [-0.2, 0) is 9.84 Å². The molecule has 1 rings (SSSR count). The minimum Gasteiger partial charge on any atom is -0.379 e. The summed E-state index contributed by atoms with van der Waals surface area (Å²) in [5, 5.41) is 2.01. The van der Waals surface area contributed by atoms with Crippen LogP contribution in [0.2, 0.25) is 0 Å². The van der Waals surface area contributed by atoms with Gasteiger partial charge in [-0.1, -0.05) is 0 Å². The molecule has 8 heteroatoms. The topological polar surface area (TPSA) is 46.2 Å². The van der Waals surface area contributed by atoms with Gasteiger partial charge in [-0.3, -0.25) is 0 Å². The zero-order valence-corrected chi connectivity index (χ0v) is 9.54. The molecule has 17 heavy (non-hydrogen) atoms. The van der Waals surface area contributed by atoms with Crippen LogP contribution in [-0.4, -0.2) is 27.0 Å². The van der Waals surface area contributed by atoms with Crippen molar-refractivity contribution in [1.82, 2.24) is 0 Å². The number of hydrogen-bond donors (Lipinski definition) is 1. The molecule has 0 aliphatic carbocycles. The van der Waals surface area contributed by atoms with E-state index in [1.165, 1.54) is 0 Å². The third kappa shape index (κ3) is 3.58. The highest BCUT2D eigenvalue weighted by molar-refractivity contribution is 7.90. The maximum absolute atomic E-state index is 13.1. The number of hydrogen-bond acceptors (Lipinski definition) is 3. The van der Waals surface area contributed by atoms with Crippen molar-refractivity contribution in [2.24, 2.45) is 0 Å². The highest BCUT2D eigenvalue weighted by atomic mass is 32.2. The normalized spacial score (nSPS) is 11.6. The second kappa shape index (κ2) is 4.91. The summed E-state index contributed by atoms with van der Waals surface area (Å²) in [6, 6.07) is 0.0758. The molecule has 0 aliphatic heterocycles. The van der Waals surface area contributed by atoms with Gasteiger partial charge in [0.15, 0.2) is 23.3 Å². The zero-order chi connectivity index (χ0) is 13.2. The van der Waals surface area contributed by atoms with E-state index in [0.717, 1.165) is 6.26 Å². The zero-order valence-electron chi connectivity index (χ0n) is 8.73. The number of nitrogens with one attached hydrogen (secondary N) is 1. The highest BCUT2D eigenvalue weighted by Gasteiger charge is 2.18. The maximum Gasteiger partial charge on any atom is 0.185 e. The molecule has 1 aromatic rings. The Morgan fingerprint density at radius 3 is 2.00 bits per heavy atom.